The van der Waals surface area contributed by atoms with Crippen molar-refractivity contribution >= 4 is 17.2 Å². The summed E-state index contributed by atoms with van der Waals surface area (Å²) in [4.78, 5) is 23.5. The van der Waals surface area contributed by atoms with E-state index >= 15 is 0 Å². The lowest BCUT2D eigenvalue weighted by Gasteiger charge is -2.32. The lowest BCUT2D eigenvalue weighted by Crippen LogP contribution is -2.45. The third-order valence-corrected chi connectivity index (χ3v) is 4.59. The number of aromatic nitrogens is 2. The number of thiophene rings is 1. The van der Waals surface area contributed by atoms with Crippen LogP contribution in [0.4, 0.5) is 0 Å². The normalized spacial score (nSPS) is 17.8. The molecule has 1 atom stereocenters. The minimum Gasteiger partial charge on any atom is -0.472 e. The van der Waals surface area contributed by atoms with Gasteiger partial charge in [0.05, 0.1) is 20.1 Å². The van der Waals surface area contributed by atoms with Gasteiger partial charge in [-0.15, -0.1) is 11.3 Å². The van der Waals surface area contributed by atoms with Crippen LogP contribution in [0.2, 0.25) is 0 Å². The van der Waals surface area contributed by atoms with Crippen LogP contribution in [0.1, 0.15) is 17.7 Å². The maximum absolute atomic E-state index is 12.4. The van der Waals surface area contributed by atoms with Gasteiger partial charge >= 0.3 is 6.01 Å². The van der Waals surface area contributed by atoms with Crippen LogP contribution < -0.4 is 9.47 Å². The number of methoxy groups -OCH3 is 1. The van der Waals surface area contributed by atoms with E-state index in [-0.39, 0.29) is 18.0 Å². The molecule has 1 aliphatic rings. The fourth-order valence-corrected chi connectivity index (χ4v) is 3.29. The average molecular weight is 333 g/mol. The first-order chi connectivity index (χ1) is 11.2. The summed E-state index contributed by atoms with van der Waals surface area (Å²) in [5, 5.41) is 1.99. The van der Waals surface area contributed by atoms with Crippen molar-refractivity contribution in [1.29, 1.82) is 0 Å². The minimum absolute atomic E-state index is 0.0457. The zero-order valence-electron chi connectivity index (χ0n) is 13.0. The van der Waals surface area contributed by atoms with Crippen molar-refractivity contribution in [3.63, 3.8) is 0 Å². The zero-order valence-corrected chi connectivity index (χ0v) is 13.8. The Hall–Kier alpha value is -2.15. The first kappa shape index (κ1) is 15.7. The largest absolute Gasteiger partial charge is 0.472 e. The molecule has 0 bridgehead atoms. The number of amides is 1. The molecule has 2 aromatic rings. The Kier molecular flexibility index (Phi) is 5.07. The molecule has 122 valence electrons. The fraction of sp³-hybridized carbons (Fsp3) is 0.438. The summed E-state index contributed by atoms with van der Waals surface area (Å²) in [6.07, 6.45) is 3.86. The van der Waals surface area contributed by atoms with E-state index in [0.717, 1.165) is 24.3 Å². The van der Waals surface area contributed by atoms with E-state index in [9.17, 15) is 4.79 Å². The van der Waals surface area contributed by atoms with Gasteiger partial charge in [0.15, 0.2) is 0 Å². The van der Waals surface area contributed by atoms with Crippen LogP contribution in [0.15, 0.2) is 29.8 Å². The predicted octanol–water partition coefficient (Wildman–Crippen LogP) is 2.16. The van der Waals surface area contributed by atoms with Crippen molar-refractivity contribution in [2.24, 2.45) is 0 Å². The molecular weight excluding hydrogens is 314 g/mol. The van der Waals surface area contributed by atoms with Crippen molar-refractivity contribution in [2.45, 2.75) is 25.4 Å². The van der Waals surface area contributed by atoms with Crippen molar-refractivity contribution in [3.05, 3.63) is 34.7 Å². The molecule has 1 aliphatic heterocycles. The summed E-state index contributed by atoms with van der Waals surface area (Å²) in [6, 6.07) is 5.95. The van der Waals surface area contributed by atoms with Crippen molar-refractivity contribution in [2.75, 3.05) is 20.2 Å². The number of piperidine rings is 1. The van der Waals surface area contributed by atoms with Crippen LogP contribution in [-0.2, 0) is 11.2 Å². The van der Waals surface area contributed by atoms with Crippen LogP contribution in [0.5, 0.6) is 11.9 Å². The summed E-state index contributed by atoms with van der Waals surface area (Å²) in [6.45, 7) is 1.38. The van der Waals surface area contributed by atoms with Crippen LogP contribution >= 0.6 is 11.3 Å². The molecule has 3 heterocycles. The molecule has 2 aromatic heterocycles. The molecule has 23 heavy (non-hydrogen) atoms. The van der Waals surface area contributed by atoms with E-state index in [2.05, 4.69) is 9.97 Å². The summed E-state index contributed by atoms with van der Waals surface area (Å²) in [5.74, 6) is 0.635. The molecule has 0 N–H and O–H groups in total. The van der Waals surface area contributed by atoms with Gasteiger partial charge in [0.2, 0.25) is 11.8 Å². The molecule has 0 radical (unpaired) electrons. The monoisotopic (exact) mass is 333 g/mol. The maximum atomic E-state index is 12.4. The summed E-state index contributed by atoms with van der Waals surface area (Å²) in [5.41, 5.74) is 0. The number of carbonyl (C=O) groups excluding carboxylic acids is 1. The summed E-state index contributed by atoms with van der Waals surface area (Å²) < 4.78 is 10.9. The Bertz CT molecular complexity index is 648. The molecule has 7 heteroatoms. The molecule has 1 fully saturated rings. The molecule has 1 amide bonds. The van der Waals surface area contributed by atoms with Gasteiger partial charge in [-0.3, -0.25) is 4.79 Å². The van der Waals surface area contributed by atoms with Gasteiger partial charge in [-0.25, -0.2) is 4.98 Å². The van der Waals surface area contributed by atoms with Gasteiger partial charge in [0.1, 0.15) is 6.10 Å². The highest BCUT2D eigenvalue weighted by molar-refractivity contribution is 7.10. The number of nitrogens with zero attached hydrogens (tertiary/aromatic N) is 3. The number of likely N-dealkylation sites (tertiary alicyclic amines) is 1. The summed E-state index contributed by atoms with van der Waals surface area (Å²) in [7, 11) is 1.52. The second-order valence-corrected chi connectivity index (χ2v) is 6.39. The Balaban J connectivity index is 1.58. The number of ether oxygens (including phenoxy) is 2. The van der Waals surface area contributed by atoms with Crippen molar-refractivity contribution in [3.8, 4) is 11.9 Å². The highest BCUT2D eigenvalue weighted by Gasteiger charge is 2.25. The SMILES string of the molecule is COc1nccc(OC2CCCN(C(=O)Cc3cccs3)C2)n1. The third-order valence-electron chi connectivity index (χ3n) is 3.71. The second-order valence-electron chi connectivity index (χ2n) is 5.36. The standard InChI is InChI=1S/C16H19N3O3S/c1-21-16-17-7-6-14(18-16)22-12-4-2-8-19(11-12)15(20)10-13-5-3-9-23-13/h3,5-7,9,12H,2,4,8,10-11H2,1H3. The van der Waals surface area contributed by atoms with Gasteiger partial charge in [-0.2, -0.15) is 4.98 Å². The van der Waals surface area contributed by atoms with Gasteiger partial charge in [-0.1, -0.05) is 6.07 Å². The number of hydrogen-bond donors (Lipinski definition) is 0. The highest BCUT2D eigenvalue weighted by Crippen LogP contribution is 2.19. The minimum atomic E-state index is -0.0457. The molecule has 6 nitrogen and oxygen atoms in total. The molecule has 0 saturated carbocycles. The molecule has 1 unspecified atom stereocenters. The van der Waals surface area contributed by atoms with Gasteiger partial charge in [0.25, 0.3) is 0 Å². The van der Waals surface area contributed by atoms with E-state index in [1.165, 1.54) is 7.11 Å². The predicted molar refractivity (Wildman–Crippen MR) is 86.8 cm³/mol. The quantitative estimate of drug-likeness (QED) is 0.839. The first-order valence-electron chi connectivity index (χ1n) is 7.58. The Morgan fingerprint density at radius 3 is 3.17 bits per heavy atom. The first-order valence-corrected chi connectivity index (χ1v) is 8.46. The third kappa shape index (κ3) is 4.19. The number of hydrogen-bond acceptors (Lipinski definition) is 6. The molecule has 0 aliphatic carbocycles. The van der Waals surface area contributed by atoms with Crippen molar-refractivity contribution < 1.29 is 14.3 Å². The van der Waals surface area contributed by atoms with Gasteiger partial charge < -0.3 is 14.4 Å². The van der Waals surface area contributed by atoms with E-state index in [4.69, 9.17) is 9.47 Å². The number of rotatable bonds is 5. The summed E-state index contributed by atoms with van der Waals surface area (Å²) >= 11 is 1.61. The zero-order chi connectivity index (χ0) is 16.1. The fourth-order valence-electron chi connectivity index (χ4n) is 2.59. The highest BCUT2D eigenvalue weighted by atomic mass is 32.1. The molecule has 3 rings (SSSR count). The van der Waals surface area contributed by atoms with Crippen LogP contribution in [0.25, 0.3) is 0 Å². The van der Waals surface area contributed by atoms with E-state index in [1.54, 1.807) is 23.6 Å². The average Bonchev–Trinajstić information content (AvgIpc) is 3.08. The molecule has 0 aromatic carbocycles. The van der Waals surface area contributed by atoms with Crippen molar-refractivity contribution in [1.82, 2.24) is 14.9 Å². The van der Waals surface area contributed by atoms with E-state index in [0.29, 0.717) is 18.8 Å². The van der Waals surface area contributed by atoms with Crippen LogP contribution in [0.3, 0.4) is 0 Å². The maximum Gasteiger partial charge on any atom is 0.319 e. The molecular formula is C16H19N3O3S. The Morgan fingerprint density at radius 2 is 2.39 bits per heavy atom. The molecule has 1 saturated heterocycles. The topological polar surface area (TPSA) is 64.6 Å². The van der Waals surface area contributed by atoms with Crippen LogP contribution in [0, 0.1) is 0 Å². The van der Waals surface area contributed by atoms with Crippen LogP contribution in [-0.4, -0.2) is 47.1 Å². The Morgan fingerprint density at radius 1 is 1.48 bits per heavy atom. The smallest absolute Gasteiger partial charge is 0.319 e. The molecule has 0 spiro atoms. The van der Waals surface area contributed by atoms with E-state index in [1.807, 2.05) is 22.4 Å². The Labute approximate surface area is 139 Å². The van der Waals surface area contributed by atoms with Gasteiger partial charge in [0, 0.05) is 23.7 Å². The van der Waals surface area contributed by atoms with Gasteiger partial charge in [-0.05, 0) is 24.3 Å². The number of carbonyl (C=O) groups is 1. The lowest BCUT2D eigenvalue weighted by molar-refractivity contribution is -0.133. The van der Waals surface area contributed by atoms with E-state index < -0.39 is 0 Å². The lowest BCUT2D eigenvalue weighted by atomic mass is 10.1. The second kappa shape index (κ2) is 7.41.